The van der Waals surface area contributed by atoms with E-state index in [1.165, 1.54) is 12.1 Å². The lowest BCUT2D eigenvalue weighted by Crippen LogP contribution is -2.26. The van der Waals surface area contributed by atoms with Crippen LogP contribution in [0.4, 0.5) is 5.69 Å². The Balaban J connectivity index is 2.63. The quantitative estimate of drug-likeness (QED) is 0.425. The van der Waals surface area contributed by atoms with Gasteiger partial charge in [-0.2, -0.15) is 0 Å². The Morgan fingerprint density at radius 3 is 2.64 bits per heavy atom. The zero-order valence-corrected chi connectivity index (χ0v) is 13.9. The second kappa shape index (κ2) is 8.21. The second-order valence-electron chi connectivity index (χ2n) is 5.43. The van der Waals surface area contributed by atoms with Crippen molar-refractivity contribution in [3.05, 3.63) is 33.9 Å². The van der Waals surface area contributed by atoms with Crippen molar-refractivity contribution < 1.29 is 18.1 Å². The molecule has 0 spiro atoms. The van der Waals surface area contributed by atoms with Crippen molar-refractivity contribution in [1.29, 1.82) is 0 Å². The molecule has 0 aliphatic rings. The Morgan fingerprint density at radius 2 is 2.05 bits per heavy atom. The van der Waals surface area contributed by atoms with Crippen LogP contribution in [-0.2, 0) is 14.8 Å². The first kappa shape index (κ1) is 18.5. The lowest BCUT2D eigenvalue weighted by atomic mass is 10.2. The molecule has 0 unspecified atom stereocenters. The maximum absolute atomic E-state index is 12.2. The molecule has 124 valence electrons. The van der Waals surface area contributed by atoms with Crippen molar-refractivity contribution in [2.75, 3.05) is 19.8 Å². The maximum atomic E-state index is 12.2. The Hall–Kier alpha value is -1.51. The summed E-state index contributed by atoms with van der Waals surface area (Å²) in [5, 5.41) is 10.8. The number of nitro benzene ring substituents is 1. The molecule has 0 bridgehead atoms. The van der Waals surface area contributed by atoms with Crippen molar-refractivity contribution in [3.8, 4) is 0 Å². The third-order valence-electron chi connectivity index (χ3n) is 2.88. The molecule has 0 amide bonds. The fourth-order valence-electron chi connectivity index (χ4n) is 1.77. The number of aryl methyl sites for hydroxylation is 1. The Kier molecular flexibility index (Phi) is 6.92. The minimum Gasteiger partial charge on any atom is -0.381 e. The normalized spacial score (nSPS) is 11.8. The first-order valence-electron chi connectivity index (χ1n) is 7.06. The summed E-state index contributed by atoms with van der Waals surface area (Å²) in [6.07, 6.45) is 0.542. The summed E-state index contributed by atoms with van der Waals surface area (Å²) in [7, 11) is -3.76. The minimum absolute atomic E-state index is 0.0650. The molecule has 1 aromatic carbocycles. The largest absolute Gasteiger partial charge is 0.381 e. The molecule has 7 nitrogen and oxygen atoms in total. The Bertz CT molecular complexity index is 614. The highest BCUT2D eigenvalue weighted by atomic mass is 32.2. The van der Waals surface area contributed by atoms with Crippen molar-refractivity contribution in [2.24, 2.45) is 5.92 Å². The van der Waals surface area contributed by atoms with Crippen LogP contribution in [0.5, 0.6) is 0 Å². The van der Waals surface area contributed by atoms with Gasteiger partial charge in [0.1, 0.15) is 0 Å². The average molecular weight is 330 g/mol. The number of non-ortho nitro benzene ring substituents is 1. The summed E-state index contributed by atoms with van der Waals surface area (Å²) < 4.78 is 32.2. The zero-order valence-electron chi connectivity index (χ0n) is 13.0. The van der Waals surface area contributed by atoms with Gasteiger partial charge in [0.15, 0.2) is 0 Å². The van der Waals surface area contributed by atoms with Gasteiger partial charge >= 0.3 is 0 Å². The van der Waals surface area contributed by atoms with E-state index in [0.717, 1.165) is 6.07 Å². The summed E-state index contributed by atoms with van der Waals surface area (Å²) in [4.78, 5) is 10.1. The number of hydrogen-bond acceptors (Lipinski definition) is 5. The summed E-state index contributed by atoms with van der Waals surface area (Å²) in [5.41, 5.74) is 0.223. The van der Waals surface area contributed by atoms with Crippen LogP contribution < -0.4 is 4.72 Å². The van der Waals surface area contributed by atoms with Gasteiger partial charge in [0.25, 0.3) is 5.69 Å². The molecule has 0 fully saturated rings. The third-order valence-corrected chi connectivity index (χ3v) is 4.48. The highest BCUT2D eigenvalue weighted by Crippen LogP contribution is 2.21. The molecule has 22 heavy (non-hydrogen) atoms. The van der Waals surface area contributed by atoms with Gasteiger partial charge in [-0.25, -0.2) is 13.1 Å². The summed E-state index contributed by atoms with van der Waals surface area (Å²) in [6.45, 7) is 7.00. The van der Waals surface area contributed by atoms with Gasteiger partial charge in [-0.15, -0.1) is 0 Å². The molecule has 0 radical (unpaired) electrons. The number of sulfonamides is 1. The molecule has 0 atom stereocenters. The first-order chi connectivity index (χ1) is 10.2. The van der Waals surface area contributed by atoms with Crippen LogP contribution in [0.25, 0.3) is 0 Å². The fourth-order valence-corrected chi connectivity index (χ4v) is 3.11. The first-order valence-corrected chi connectivity index (χ1v) is 8.55. The molecule has 1 N–H and O–H groups in total. The number of nitro groups is 1. The van der Waals surface area contributed by atoms with E-state index in [1.54, 1.807) is 6.92 Å². The van der Waals surface area contributed by atoms with Crippen LogP contribution in [0.3, 0.4) is 0 Å². The molecule has 0 aliphatic heterocycles. The Morgan fingerprint density at radius 1 is 1.36 bits per heavy atom. The van der Waals surface area contributed by atoms with E-state index in [9.17, 15) is 18.5 Å². The molecule has 0 heterocycles. The van der Waals surface area contributed by atoms with Crippen LogP contribution in [0.2, 0.25) is 0 Å². The second-order valence-corrected chi connectivity index (χ2v) is 7.16. The highest BCUT2D eigenvalue weighted by Gasteiger charge is 2.19. The van der Waals surface area contributed by atoms with Crippen molar-refractivity contribution >= 4 is 15.7 Å². The van der Waals surface area contributed by atoms with E-state index < -0.39 is 14.9 Å². The molecule has 0 saturated heterocycles. The number of hydrogen-bond donors (Lipinski definition) is 1. The number of ether oxygens (including phenoxy) is 1. The maximum Gasteiger partial charge on any atom is 0.270 e. The van der Waals surface area contributed by atoms with E-state index >= 15 is 0 Å². The van der Waals surface area contributed by atoms with Gasteiger partial charge in [0, 0.05) is 31.9 Å². The van der Waals surface area contributed by atoms with Crippen LogP contribution >= 0.6 is 0 Å². The standard InChI is InChI=1S/C14H22N2O5S/c1-11(2)10-21-8-4-7-15-22(19,20)14-9-13(16(17)18)6-5-12(14)3/h5-6,9,11,15H,4,7-8,10H2,1-3H3. The van der Waals surface area contributed by atoms with Crippen LogP contribution in [0.1, 0.15) is 25.8 Å². The molecule has 8 heteroatoms. The van der Waals surface area contributed by atoms with Crippen molar-refractivity contribution in [3.63, 3.8) is 0 Å². The highest BCUT2D eigenvalue weighted by molar-refractivity contribution is 7.89. The van der Waals surface area contributed by atoms with E-state index in [-0.39, 0.29) is 17.1 Å². The molecule has 1 rings (SSSR count). The van der Waals surface area contributed by atoms with E-state index in [1.807, 2.05) is 13.8 Å². The Labute approximate surface area is 130 Å². The van der Waals surface area contributed by atoms with Gasteiger partial charge in [0.05, 0.1) is 9.82 Å². The predicted octanol–water partition coefficient (Wildman–Crippen LogP) is 2.24. The zero-order chi connectivity index (χ0) is 16.8. The van der Waals surface area contributed by atoms with Crippen LogP contribution in [0, 0.1) is 23.0 Å². The number of rotatable bonds is 9. The van der Waals surface area contributed by atoms with Crippen LogP contribution in [-0.4, -0.2) is 33.1 Å². The fraction of sp³-hybridized carbons (Fsp3) is 0.571. The lowest BCUT2D eigenvalue weighted by Gasteiger charge is -2.10. The monoisotopic (exact) mass is 330 g/mol. The smallest absolute Gasteiger partial charge is 0.270 e. The third kappa shape index (κ3) is 5.70. The summed E-state index contributed by atoms with van der Waals surface area (Å²) in [5.74, 6) is 0.434. The van der Waals surface area contributed by atoms with Crippen molar-refractivity contribution in [2.45, 2.75) is 32.1 Å². The van der Waals surface area contributed by atoms with Gasteiger partial charge in [-0.1, -0.05) is 19.9 Å². The van der Waals surface area contributed by atoms with Crippen molar-refractivity contribution in [1.82, 2.24) is 4.72 Å². The van der Waals surface area contributed by atoms with Gasteiger partial charge in [0.2, 0.25) is 10.0 Å². The number of nitrogens with zero attached hydrogens (tertiary/aromatic N) is 1. The van der Waals surface area contributed by atoms with Crippen LogP contribution in [0.15, 0.2) is 23.1 Å². The number of benzene rings is 1. The number of nitrogens with one attached hydrogen (secondary N) is 1. The van der Waals surface area contributed by atoms with E-state index in [2.05, 4.69) is 4.72 Å². The summed E-state index contributed by atoms with van der Waals surface area (Å²) in [6, 6.07) is 3.79. The van der Waals surface area contributed by atoms with Gasteiger partial charge < -0.3 is 4.74 Å². The minimum atomic E-state index is -3.76. The molecular formula is C14H22N2O5S. The van der Waals surface area contributed by atoms with E-state index in [0.29, 0.717) is 31.1 Å². The molecule has 0 aromatic heterocycles. The lowest BCUT2D eigenvalue weighted by molar-refractivity contribution is -0.385. The van der Waals surface area contributed by atoms with Gasteiger partial charge in [-0.05, 0) is 24.8 Å². The predicted molar refractivity (Wildman–Crippen MR) is 83.3 cm³/mol. The molecular weight excluding hydrogens is 308 g/mol. The van der Waals surface area contributed by atoms with Gasteiger partial charge in [-0.3, -0.25) is 10.1 Å². The topological polar surface area (TPSA) is 98.5 Å². The molecule has 0 saturated carbocycles. The average Bonchev–Trinajstić information content (AvgIpc) is 2.42. The molecule has 0 aliphatic carbocycles. The molecule has 1 aromatic rings. The summed E-state index contributed by atoms with van der Waals surface area (Å²) >= 11 is 0. The SMILES string of the molecule is Cc1ccc([N+](=O)[O-])cc1S(=O)(=O)NCCCOCC(C)C. The van der Waals surface area contributed by atoms with E-state index in [4.69, 9.17) is 4.74 Å².